The Balaban J connectivity index is 2.65. The molecule has 1 N–H and O–H groups in total. The van der Waals surface area contributed by atoms with Crippen molar-refractivity contribution in [1.29, 1.82) is 0 Å². The summed E-state index contributed by atoms with van der Waals surface area (Å²) in [6.45, 7) is 6.48. The molecule has 0 atom stereocenters. The molecule has 0 fully saturated rings. The number of hydrogen-bond donors (Lipinski definition) is 1. The van der Waals surface area contributed by atoms with E-state index in [1.165, 1.54) is 33.5 Å². The minimum absolute atomic E-state index is 0.972. The molecule has 0 amide bonds. The van der Waals surface area contributed by atoms with E-state index in [2.05, 4.69) is 53.3 Å². The fourth-order valence-electron chi connectivity index (χ4n) is 1.44. The number of benzene rings is 1. The maximum absolute atomic E-state index is 3.54. The quantitative estimate of drug-likeness (QED) is 0.590. The van der Waals surface area contributed by atoms with Crippen LogP contribution in [0.1, 0.15) is 32.3 Å². The summed E-state index contributed by atoms with van der Waals surface area (Å²) in [4.78, 5) is 1.41. The third-order valence-electron chi connectivity index (χ3n) is 2.23. The molecule has 0 saturated carbocycles. The van der Waals surface area contributed by atoms with Gasteiger partial charge in [0, 0.05) is 15.9 Å². The van der Waals surface area contributed by atoms with Gasteiger partial charge in [-0.3, -0.25) is 0 Å². The van der Waals surface area contributed by atoms with Gasteiger partial charge < -0.3 is 5.32 Å². The minimum atomic E-state index is 0.972. The topological polar surface area (TPSA) is 12.0 Å². The third kappa shape index (κ3) is 4.89. The van der Waals surface area contributed by atoms with Crippen LogP contribution >= 0.6 is 27.7 Å². The van der Waals surface area contributed by atoms with Crippen LogP contribution in [0, 0.1) is 0 Å². The highest BCUT2D eigenvalue weighted by atomic mass is 79.9. The fraction of sp³-hybridized carbons (Fsp3) is 0.538. The van der Waals surface area contributed by atoms with Crippen molar-refractivity contribution < 1.29 is 0 Å². The van der Waals surface area contributed by atoms with Gasteiger partial charge in [-0.25, -0.2) is 0 Å². The Bertz CT molecular complexity index is 315. The molecule has 0 aromatic heterocycles. The van der Waals surface area contributed by atoms with Crippen LogP contribution in [0.15, 0.2) is 27.6 Å². The second kappa shape index (κ2) is 8.15. The predicted molar refractivity (Wildman–Crippen MR) is 77.2 cm³/mol. The summed E-state index contributed by atoms with van der Waals surface area (Å²) in [5.74, 6) is 1.20. The molecule has 16 heavy (non-hydrogen) atoms. The normalized spacial score (nSPS) is 10.7. The number of thioether (sulfide) groups is 1. The molecule has 0 radical (unpaired) electrons. The van der Waals surface area contributed by atoms with Crippen LogP contribution in [0.5, 0.6) is 0 Å². The Labute approximate surface area is 112 Å². The van der Waals surface area contributed by atoms with Crippen LogP contribution < -0.4 is 5.32 Å². The summed E-state index contributed by atoms with van der Waals surface area (Å²) in [7, 11) is 0. The number of nitrogens with one attached hydrogen (secondary N) is 1. The minimum Gasteiger partial charge on any atom is -0.313 e. The Kier molecular flexibility index (Phi) is 7.17. The molecule has 1 aromatic rings. The van der Waals surface area contributed by atoms with E-state index in [-0.39, 0.29) is 0 Å². The van der Waals surface area contributed by atoms with Crippen LogP contribution in [0.2, 0.25) is 0 Å². The second-order valence-electron chi connectivity index (χ2n) is 3.78. The standard InChI is InChI=1S/C13H20BrNS/c1-3-7-15-10-11-9-12(14)5-6-13(11)16-8-4-2/h5-6,9,15H,3-4,7-8,10H2,1-2H3. The molecular formula is C13H20BrNS. The SMILES string of the molecule is CCCNCc1cc(Br)ccc1SCCC. The van der Waals surface area contributed by atoms with Crippen molar-refractivity contribution in [1.82, 2.24) is 5.32 Å². The lowest BCUT2D eigenvalue weighted by Crippen LogP contribution is -2.14. The predicted octanol–water partition coefficient (Wildman–Crippen LogP) is 4.45. The van der Waals surface area contributed by atoms with Crippen molar-refractivity contribution in [2.45, 2.75) is 38.1 Å². The van der Waals surface area contributed by atoms with Crippen molar-refractivity contribution in [3.05, 3.63) is 28.2 Å². The third-order valence-corrected chi connectivity index (χ3v) is 4.04. The van der Waals surface area contributed by atoms with Crippen molar-refractivity contribution in [3.63, 3.8) is 0 Å². The lowest BCUT2D eigenvalue weighted by atomic mass is 10.2. The monoisotopic (exact) mass is 301 g/mol. The van der Waals surface area contributed by atoms with E-state index in [0.717, 1.165) is 13.1 Å². The summed E-state index contributed by atoms with van der Waals surface area (Å²) < 4.78 is 1.17. The van der Waals surface area contributed by atoms with E-state index in [4.69, 9.17) is 0 Å². The molecule has 1 rings (SSSR count). The highest BCUT2D eigenvalue weighted by molar-refractivity contribution is 9.10. The van der Waals surface area contributed by atoms with Gasteiger partial charge in [-0.1, -0.05) is 29.8 Å². The van der Waals surface area contributed by atoms with Crippen molar-refractivity contribution in [2.75, 3.05) is 12.3 Å². The zero-order chi connectivity index (χ0) is 11.8. The molecule has 1 nitrogen and oxygen atoms in total. The summed E-state index contributed by atoms with van der Waals surface area (Å²) in [6.07, 6.45) is 2.41. The molecule has 3 heteroatoms. The first-order chi connectivity index (χ1) is 7.77. The number of rotatable bonds is 7. The van der Waals surface area contributed by atoms with Gasteiger partial charge in [-0.15, -0.1) is 11.8 Å². The molecule has 0 aliphatic rings. The molecule has 0 bridgehead atoms. The van der Waals surface area contributed by atoms with Crippen molar-refractivity contribution in [2.24, 2.45) is 0 Å². The highest BCUT2D eigenvalue weighted by Crippen LogP contribution is 2.26. The Morgan fingerprint density at radius 3 is 2.75 bits per heavy atom. The highest BCUT2D eigenvalue weighted by Gasteiger charge is 2.03. The van der Waals surface area contributed by atoms with Gasteiger partial charge in [0.15, 0.2) is 0 Å². The first-order valence-electron chi connectivity index (χ1n) is 5.89. The molecule has 0 unspecified atom stereocenters. The second-order valence-corrected chi connectivity index (χ2v) is 5.83. The van der Waals surface area contributed by atoms with E-state index in [0.29, 0.717) is 0 Å². The average molecular weight is 302 g/mol. The first-order valence-corrected chi connectivity index (χ1v) is 7.67. The van der Waals surface area contributed by atoms with Crippen LogP contribution in [0.4, 0.5) is 0 Å². The Morgan fingerprint density at radius 2 is 2.06 bits per heavy atom. The molecule has 0 spiro atoms. The molecular weight excluding hydrogens is 282 g/mol. The van der Waals surface area contributed by atoms with Crippen LogP contribution in [-0.2, 0) is 6.54 Å². The lowest BCUT2D eigenvalue weighted by molar-refractivity contribution is 0.669. The smallest absolute Gasteiger partial charge is 0.0217 e. The molecule has 1 aromatic carbocycles. The van der Waals surface area contributed by atoms with Crippen molar-refractivity contribution >= 4 is 27.7 Å². The van der Waals surface area contributed by atoms with E-state index < -0.39 is 0 Å². The van der Waals surface area contributed by atoms with Crippen LogP contribution in [0.25, 0.3) is 0 Å². The Morgan fingerprint density at radius 1 is 1.25 bits per heavy atom. The van der Waals surface area contributed by atoms with Gasteiger partial charge >= 0.3 is 0 Å². The number of hydrogen-bond acceptors (Lipinski definition) is 2. The summed E-state index contributed by atoms with van der Waals surface area (Å²) in [5.41, 5.74) is 1.40. The van der Waals surface area contributed by atoms with Gasteiger partial charge in [0.05, 0.1) is 0 Å². The Hall–Kier alpha value is 0.01000. The summed E-state index contributed by atoms with van der Waals surface area (Å²) in [5, 5.41) is 3.46. The van der Waals surface area contributed by atoms with E-state index in [1.807, 2.05) is 11.8 Å². The molecule has 0 saturated heterocycles. The van der Waals surface area contributed by atoms with Crippen LogP contribution in [0.3, 0.4) is 0 Å². The van der Waals surface area contributed by atoms with Gasteiger partial charge in [-0.2, -0.15) is 0 Å². The van der Waals surface area contributed by atoms with Gasteiger partial charge in [0.25, 0.3) is 0 Å². The number of halogens is 1. The molecule has 0 aliphatic carbocycles. The van der Waals surface area contributed by atoms with E-state index in [9.17, 15) is 0 Å². The first kappa shape index (κ1) is 14.1. The zero-order valence-corrected chi connectivity index (χ0v) is 12.5. The van der Waals surface area contributed by atoms with Crippen molar-refractivity contribution in [3.8, 4) is 0 Å². The molecule has 0 heterocycles. The van der Waals surface area contributed by atoms with Gasteiger partial charge in [0.2, 0.25) is 0 Å². The zero-order valence-electron chi connectivity index (χ0n) is 10.1. The van der Waals surface area contributed by atoms with E-state index in [1.54, 1.807) is 0 Å². The fourth-order valence-corrected chi connectivity index (χ4v) is 2.75. The lowest BCUT2D eigenvalue weighted by Gasteiger charge is -2.10. The maximum atomic E-state index is 3.54. The van der Waals surface area contributed by atoms with E-state index >= 15 is 0 Å². The largest absolute Gasteiger partial charge is 0.313 e. The average Bonchev–Trinajstić information content (AvgIpc) is 2.28. The van der Waals surface area contributed by atoms with Gasteiger partial charge in [0.1, 0.15) is 0 Å². The molecule has 90 valence electrons. The van der Waals surface area contributed by atoms with Crippen LogP contribution in [-0.4, -0.2) is 12.3 Å². The summed E-state index contributed by atoms with van der Waals surface area (Å²) in [6, 6.07) is 6.56. The molecule has 0 aliphatic heterocycles. The summed E-state index contributed by atoms with van der Waals surface area (Å²) >= 11 is 5.49. The maximum Gasteiger partial charge on any atom is 0.0217 e. The van der Waals surface area contributed by atoms with Gasteiger partial charge in [-0.05, 0) is 48.9 Å².